The molecule has 1 aromatic heterocycles. The second-order valence-corrected chi connectivity index (χ2v) is 5.57. The molecule has 3 rings (SSSR count). The third kappa shape index (κ3) is 1.82. The van der Waals surface area contributed by atoms with Crippen LogP contribution in [0.2, 0.25) is 0 Å². The highest BCUT2D eigenvalue weighted by atomic mass is 16.2. The third-order valence-electron chi connectivity index (χ3n) is 4.48. The number of aromatic nitrogens is 2. The van der Waals surface area contributed by atoms with E-state index in [0.29, 0.717) is 17.5 Å². The van der Waals surface area contributed by atoms with E-state index in [1.807, 2.05) is 11.9 Å². The van der Waals surface area contributed by atoms with Crippen molar-refractivity contribution in [2.45, 2.75) is 25.3 Å². The van der Waals surface area contributed by atoms with Crippen molar-refractivity contribution in [3.05, 3.63) is 18.0 Å². The van der Waals surface area contributed by atoms with Crippen molar-refractivity contribution < 1.29 is 4.79 Å². The van der Waals surface area contributed by atoms with Gasteiger partial charge in [0.05, 0.1) is 0 Å². The summed E-state index contributed by atoms with van der Waals surface area (Å²) in [4.78, 5) is 14.4. The Labute approximate surface area is 107 Å². The van der Waals surface area contributed by atoms with Crippen molar-refractivity contribution in [3.8, 4) is 0 Å². The van der Waals surface area contributed by atoms with E-state index in [2.05, 4.69) is 5.10 Å². The van der Waals surface area contributed by atoms with E-state index in [9.17, 15) is 4.79 Å². The lowest BCUT2D eigenvalue weighted by molar-refractivity contribution is 0.0772. The fourth-order valence-corrected chi connectivity index (χ4v) is 3.43. The lowest BCUT2D eigenvalue weighted by atomic mass is 9.78. The lowest BCUT2D eigenvalue weighted by Gasteiger charge is -2.29. The number of carbonyl (C=O) groups is 1. The zero-order valence-corrected chi connectivity index (χ0v) is 10.7. The van der Waals surface area contributed by atoms with E-state index in [0.717, 1.165) is 19.5 Å². The van der Waals surface area contributed by atoms with Crippen molar-refractivity contribution in [3.63, 3.8) is 0 Å². The maximum Gasteiger partial charge on any atom is 0.272 e. The molecule has 0 radical (unpaired) electrons. The Morgan fingerprint density at radius 1 is 1.44 bits per heavy atom. The van der Waals surface area contributed by atoms with E-state index in [1.165, 1.54) is 12.8 Å². The van der Waals surface area contributed by atoms with Gasteiger partial charge >= 0.3 is 0 Å². The molecule has 1 amide bonds. The monoisotopic (exact) mass is 248 g/mol. The summed E-state index contributed by atoms with van der Waals surface area (Å²) in [6.45, 7) is 1.68. The van der Waals surface area contributed by atoms with Gasteiger partial charge in [0.1, 0.15) is 5.69 Å². The number of amides is 1. The first-order valence-corrected chi connectivity index (χ1v) is 6.69. The van der Waals surface area contributed by atoms with Crippen molar-refractivity contribution >= 4 is 5.91 Å². The molecule has 5 heteroatoms. The van der Waals surface area contributed by atoms with Crippen LogP contribution in [-0.2, 0) is 7.05 Å². The predicted molar refractivity (Wildman–Crippen MR) is 67.9 cm³/mol. The van der Waals surface area contributed by atoms with Crippen molar-refractivity contribution in [2.24, 2.45) is 24.6 Å². The van der Waals surface area contributed by atoms with Crippen LogP contribution in [0.25, 0.3) is 0 Å². The third-order valence-corrected chi connectivity index (χ3v) is 4.48. The summed E-state index contributed by atoms with van der Waals surface area (Å²) in [5.74, 6) is 1.19. The zero-order valence-electron chi connectivity index (χ0n) is 10.7. The summed E-state index contributed by atoms with van der Waals surface area (Å²) in [5.41, 5.74) is 6.84. The Balaban J connectivity index is 1.75. The van der Waals surface area contributed by atoms with Gasteiger partial charge in [-0.25, -0.2) is 0 Å². The number of nitrogens with two attached hydrogens (primary N) is 1. The summed E-state index contributed by atoms with van der Waals surface area (Å²) in [6.07, 6.45) is 5.20. The van der Waals surface area contributed by atoms with Crippen LogP contribution >= 0.6 is 0 Å². The predicted octanol–water partition coefficient (Wildman–Crippen LogP) is 0.620. The molecule has 98 valence electrons. The molecule has 2 heterocycles. The number of carbonyl (C=O) groups excluding carboxylic acids is 1. The number of rotatable bonds is 1. The van der Waals surface area contributed by atoms with E-state index >= 15 is 0 Å². The summed E-state index contributed by atoms with van der Waals surface area (Å²) in [7, 11) is 1.81. The van der Waals surface area contributed by atoms with Crippen molar-refractivity contribution in [2.75, 3.05) is 13.1 Å². The zero-order chi connectivity index (χ0) is 12.7. The Morgan fingerprint density at radius 2 is 2.28 bits per heavy atom. The van der Waals surface area contributed by atoms with Crippen LogP contribution in [0.1, 0.15) is 29.8 Å². The molecular formula is C13H20N4O. The molecule has 2 fully saturated rings. The highest BCUT2D eigenvalue weighted by molar-refractivity contribution is 5.92. The lowest BCUT2D eigenvalue weighted by Crippen LogP contribution is -2.38. The first kappa shape index (κ1) is 11.7. The Morgan fingerprint density at radius 3 is 2.94 bits per heavy atom. The number of hydrogen-bond acceptors (Lipinski definition) is 3. The number of hydrogen-bond donors (Lipinski definition) is 1. The van der Waals surface area contributed by atoms with Crippen LogP contribution in [0.4, 0.5) is 0 Å². The van der Waals surface area contributed by atoms with Gasteiger partial charge < -0.3 is 10.6 Å². The van der Waals surface area contributed by atoms with Gasteiger partial charge in [-0.05, 0) is 30.7 Å². The van der Waals surface area contributed by atoms with Gasteiger partial charge in [0.15, 0.2) is 0 Å². The molecule has 0 spiro atoms. The molecule has 1 aliphatic heterocycles. The summed E-state index contributed by atoms with van der Waals surface area (Å²) >= 11 is 0. The quantitative estimate of drug-likeness (QED) is 0.792. The summed E-state index contributed by atoms with van der Waals surface area (Å²) in [5, 5.41) is 4.06. The standard InChI is InChI=1S/C13H20N4O/c1-16-12(5-6-15-16)13(18)17-7-9-3-2-4-11(14)10(9)8-17/h5-6,9-11H,2-4,7-8,14H2,1H3. The molecule has 1 saturated heterocycles. The fourth-order valence-electron chi connectivity index (χ4n) is 3.43. The highest BCUT2D eigenvalue weighted by Crippen LogP contribution is 2.35. The molecule has 3 atom stereocenters. The molecule has 18 heavy (non-hydrogen) atoms. The number of likely N-dealkylation sites (tertiary alicyclic amines) is 1. The highest BCUT2D eigenvalue weighted by Gasteiger charge is 2.40. The van der Waals surface area contributed by atoms with Crippen molar-refractivity contribution in [1.82, 2.24) is 14.7 Å². The van der Waals surface area contributed by atoms with Crippen LogP contribution in [0.15, 0.2) is 12.3 Å². The second-order valence-electron chi connectivity index (χ2n) is 5.57. The average molecular weight is 248 g/mol. The number of fused-ring (bicyclic) bond motifs is 1. The Bertz CT molecular complexity index is 456. The van der Waals surface area contributed by atoms with Gasteiger partial charge in [-0.3, -0.25) is 9.48 Å². The molecule has 5 nitrogen and oxygen atoms in total. The molecule has 2 N–H and O–H groups in total. The molecular weight excluding hydrogens is 228 g/mol. The van der Waals surface area contributed by atoms with E-state index in [-0.39, 0.29) is 11.9 Å². The van der Waals surface area contributed by atoms with Gasteiger partial charge in [0, 0.05) is 32.4 Å². The average Bonchev–Trinajstić information content (AvgIpc) is 2.95. The van der Waals surface area contributed by atoms with Crippen LogP contribution < -0.4 is 5.73 Å². The van der Waals surface area contributed by atoms with Crippen LogP contribution in [-0.4, -0.2) is 39.7 Å². The van der Waals surface area contributed by atoms with Gasteiger partial charge in [0.25, 0.3) is 5.91 Å². The largest absolute Gasteiger partial charge is 0.337 e. The summed E-state index contributed by atoms with van der Waals surface area (Å²) in [6, 6.07) is 2.05. The van der Waals surface area contributed by atoms with E-state index < -0.39 is 0 Å². The van der Waals surface area contributed by atoms with Gasteiger partial charge in [-0.2, -0.15) is 5.10 Å². The molecule has 1 aliphatic carbocycles. The Kier molecular flexibility index (Phi) is 2.86. The minimum absolute atomic E-state index is 0.0941. The van der Waals surface area contributed by atoms with E-state index in [1.54, 1.807) is 16.9 Å². The normalized spacial score (nSPS) is 31.4. The van der Waals surface area contributed by atoms with Crippen molar-refractivity contribution in [1.29, 1.82) is 0 Å². The first-order chi connectivity index (χ1) is 8.66. The molecule has 0 bridgehead atoms. The molecule has 0 aromatic carbocycles. The summed E-state index contributed by atoms with van der Waals surface area (Å²) < 4.78 is 1.64. The second kappa shape index (κ2) is 4.39. The minimum Gasteiger partial charge on any atom is -0.337 e. The molecule has 2 aliphatic rings. The topological polar surface area (TPSA) is 64.2 Å². The minimum atomic E-state index is 0.0941. The van der Waals surface area contributed by atoms with Gasteiger partial charge in [-0.15, -0.1) is 0 Å². The molecule has 1 saturated carbocycles. The maximum atomic E-state index is 12.4. The molecule has 1 aromatic rings. The SMILES string of the molecule is Cn1nccc1C(=O)N1CC2CCCC(N)C2C1. The Hall–Kier alpha value is -1.36. The van der Waals surface area contributed by atoms with Crippen LogP contribution in [0.5, 0.6) is 0 Å². The van der Waals surface area contributed by atoms with Gasteiger partial charge in [-0.1, -0.05) is 6.42 Å². The maximum absolute atomic E-state index is 12.4. The number of aryl methyl sites for hydroxylation is 1. The number of nitrogens with zero attached hydrogens (tertiary/aromatic N) is 3. The molecule has 3 unspecified atom stereocenters. The van der Waals surface area contributed by atoms with Crippen LogP contribution in [0.3, 0.4) is 0 Å². The van der Waals surface area contributed by atoms with E-state index in [4.69, 9.17) is 5.73 Å². The van der Waals surface area contributed by atoms with Crippen LogP contribution in [0, 0.1) is 11.8 Å². The van der Waals surface area contributed by atoms with Gasteiger partial charge in [0.2, 0.25) is 0 Å². The fraction of sp³-hybridized carbons (Fsp3) is 0.692. The smallest absolute Gasteiger partial charge is 0.272 e. The first-order valence-electron chi connectivity index (χ1n) is 6.69.